The van der Waals surface area contributed by atoms with Gasteiger partial charge in [0.1, 0.15) is 0 Å². The van der Waals surface area contributed by atoms with Crippen LogP contribution in [0.25, 0.3) is 0 Å². The van der Waals surface area contributed by atoms with E-state index in [0.717, 1.165) is 19.1 Å². The summed E-state index contributed by atoms with van der Waals surface area (Å²) < 4.78 is 4.83. The second-order valence-corrected chi connectivity index (χ2v) is 6.86. The van der Waals surface area contributed by atoms with E-state index < -0.39 is 0 Å². The molecule has 0 amide bonds. The van der Waals surface area contributed by atoms with Crippen molar-refractivity contribution in [1.82, 2.24) is 0 Å². The molecule has 2 heteroatoms. The smallest absolute Gasteiger partial charge is 0.0437 e. The van der Waals surface area contributed by atoms with E-state index in [2.05, 4.69) is 29.8 Å². The molecule has 1 atom stereocenters. The number of unbranched alkanes of at least 4 members (excludes halogenated alkanes) is 8. The van der Waals surface area contributed by atoms with Gasteiger partial charge in [-0.15, -0.1) is 0 Å². The Morgan fingerprint density at radius 3 is 1.41 bits per heavy atom. The van der Waals surface area contributed by atoms with Crippen LogP contribution in [-0.2, 0) is 4.74 Å². The zero-order valence-corrected chi connectivity index (χ0v) is 17.6. The van der Waals surface area contributed by atoms with Crippen molar-refractivity contribution in [2.75, 3.05) is 18.5 Å². The molecule has 0 aromatic rings. The number of hydrogen-bond donors (Lipinski definition) is 0. The van der Waals surface area contributed by atoms with E-state index in [1.54, 1.807) is 0 Å². The normalized spacial score (nSPS) is 11.9. The highest BCUT2D eigenvalue weighted by molar-refractivity contribution is 9.09. The molecule has 0 aliphatic carbocycles. The van der Waals surface area contributed by atoms with E-state index in [0.29, 0.717) is 0 Å². The number of alkyl halides is 1. The van der Waals surface area contributed by atoms with Crippen LogP contribution < -0.4 is 0 Å². The van der Waals surface area contributed by atoms with Crippen molar-refractivity contribution in [2.45, 2.75) is 105 Å². The maximum Gasteiger partial charge on any atom is 0.0437 e. The number of hydrogen-bond acceptors (Lipinski definition) is 1. The molecule has 0 aliphatic heterocycles. The molecule has 0 aromatic carbocycles. The minimum atomic E-state index is 0.844. The Bertz CT molecular complexity index is 171. The van der Waals surface area contributed by atoms with Crippen LogP contribution in [0.4, 0.5) is 0 Å². The second-order valence-electron chi connectivity index (χ2n) is 6.21. The van der Waals surface area contributed by atoms with Crippen molar-refractivity contribution in [3.05, 3.63) is 0 Å². The number of halogens is 1. The largest absolute Gasteiger partial charge is 0.382 e. The highest BCUT2D eigenvalue weighted by atomic mass is 79.9. The predicted octanol–water partition coefficient (Wildman–Crippen LogP) is 7.76. The van der Waals surface area contributed by atoms with Gasteiger partial charge in [-0.05, 0) is 32.6 Å². The van der Waals surface area contributed by atoms with Crippen molar-refractivity contribution in [3.8, 4) is 0 Å². The summed E-state index contributed by atoms with van der Waals surface area (Å²) in [5.41, 5.74) is 0. The zero-order valence-electron chi connectivity index (χ0n) is 16.0. The lowest BCUT2D eigenvalue weighted by atomic mass is 9.96. The molecule has 1 nitrogen and oxygen atoms in total. The van der Waals surface area contributed by atoms with E-state index in [4.69, 9.17) is 4.74 Å². The Kier molecular flexibility index (Phi) is 26.6. The lowest BCUT2D eigenvalue weighted by Crippen LogP contribution is -2.02. The third kappa shape index (κ3) is 22.7. The molecule has 0 radical (unpaired) electrons. The maximum atomic E-state index is 4.83. The molecule has 136 valence electrons. The minimum Gasteiger partial charge on any atom is -0.382 e. The zero-order chi connectivity index (χ0) is 16.9. The summed E-state index contributed by atoms with van der Waals surface area (Å²) in [6.07, 6.45) is 17.2. The van der Waals surface area contributed by atoms with Gasteiger partial charge in [0.2, 0.25) is 0 Å². The number of ether oxygens (including phenoxy) is 1. The molecular weight excluding hydrogens is 336 g/mol. The summed E-state index contributed by atoms with van der Waals surface area (Å²) >= 11 is 3.68. The fraction of sp³-hybridized carbons (Fsp3) is 1.00. The molecule has 0 fully saturated rings. The van der Waals surface area contributed by atoms with Gasteiger partial charge in [-0.1, -0.05) is 94.0 Å². The van der Waals surface area contributed by atoms with Crippen LogP contribution in [0, 0.1) is 5.92 Å². The van der Waals surface area contributed by atoms with Gasteiger partial charge in [-0.3, -0.25) is 0 Å². The first-order valence-corrected chi connectivity index (χ1v) is 11.0. The van der Waals surface area contributed by atoms with Crippen LogP contribution >= 0.6 is 15.9 Å². The molecular formula is C20H43BrO. The first-order valence-electron chi connectivity index (χ1n) is 9.90. The van der Waals surface area contributed by atoms with E-state index in [1.165, 1.54) is 82.4 Å². The van der Waals surface area contributed by atoms with E-state index in [1.807, 2.05) is 13.8 Å². The summed E-state index contributed by atoms with van der Waals surface area (Å²) in [4.78, 5) is 0. The summed E-state index contributed by atoms with van der Waals surface area (Å²) in [7, 11) is 0. The van der Waals surface area contributed by atoms with Gasteiger partial charge >= 0.3 is 0 Å². The van der Waals surface area contributed by atoms with Gasteiger partial charge in [0.15, 0.2) is 0 Å². The molecule has 0 saturated carbocycles. The van der Waals surface area contributed by atoms with Gasteiger partial charge in [-0.2, -0.15) is 0 Å². The molecule has 0 heterocycles. The Morgan fingerprint density at radius 1 is 0.636 bits per heavy atom. The molecule has 0 bridgehead atoms. The monoisotopic (exact) mass is 378 g/mol. The average Bonchev–Trinajstić information content (AvgIpc) is 2.54. The lowest BCUT2D eigenvalue weighted by Gasteiger charge is -2.13. The first kappa shape index (κ1) is 24.7. The van der Waals surface area contributed by atoms with E-state index in [9.17, 15) is 0 Å². The Morgan fingerprint density at radius 2 is 1.05 bits per heavy atom. The fourth-order valence-electron chi connectivity index (χ4n) is 2.58. The van der Waals surface area contributed by atoms with Gasteiger partial charge in [0, 0.05) is 18.5 Å². The topological polar surface area (TPSA) is 9.23 Å². The summed E-state index contributed by atoms with van der Waals surface area (Å²) in [5.74, 6) is 0.943. The van der Waals surface area contributed by atoms with Gasteiger partial charge in [0.05, 0.1) is 0 Å². The molecule has 0 aromatic heterocycles. The molecule has 0 aliphatic rings. The summed E-state index contributed by atoms with van der Waals surface area (Å²) in [6.45, 7) is 10.2. The molecule has 0 rings (SSSR count). The average molecular weight is 379 g/mol. The summed E-state index contributed by atoms with van der Waals surface area (Å²) in [6, 6.07) is 0. The van der Waals surface area contributed by atoms with E-state index >= 15 is 0 Å². The van der Waals surface area contributed by atoms with Gasteiger partial charge < -0.3 is 4.74 Å². The van der Waals surface area contributed by atoms with Crippen molar-refractivity contribution >= 4 is 15.9 Å². The third-order valence-electron chi connectivity index (χ3n) is 4.06. The standard InChI is InChI=1S/C16H33Br.C4H10O/c1-3-5-7-9-10-12-14-16(15-17)13-11-8-6-4-2;1-3-5-4-2/h16H,3-15H2,1-2H3;3-4H2,1-2H3. The second kappa shape index (κ2) is 23.7. The third-order valence-corrected chi connectivity index (χ3v) is 4.97. The van der Waals surface area contributed by atoms with Crippen LogP contribution in [-0.4, -0.2) is 18.5 Å². The van der Waals surface area contributed by atoms with E-state index in [-0.39, 0.29) is 0 Å². The first-order chi connectivity index (χ1) is 10.8. The predicted molar refractivity (Wildman–Crippen MR) is 106 cm³/mol. The molecule has 1 unspecified atom stereocenters. The summed E-state index contributed by atoms with van der Waals surface area (Å²) in [5, 5.41) is 1.22. The van der Waals surface area contributed by atoms with Gasteiger partial charge in [-0.25, -0.2) is 0 Å². The lowest BCUT2D eigenvalue weighted by molar-refractivity contribution is 0.162. The molecule has 0 N–H and O–H groups in total. The van der Waals surface area contributed by atoms with Crippen LogP contribution in [0.1, 0.15) is 105 Å². The number of rotatable bonds is 15. The van der Waals surface area contributed by atoms with Crippen LogP contribution in [0.5, 0.6) is 0 Å². The van der Waals surface area contributed by atoms with Crippen LogP contribution in [0.3, 0.4) is 0 Å². The van der Waals surface area contributed by atoms with Crippen molar-refractivity contribution < 1.29 is 4.74 Å². The Balaban J connectivity index is 0. The minimum absolute atomic E-state index is 0.844. The SMILES string of the molecule is CCCCCCCCC(CBr)CCCCCC.CCOCC. The van der Waals surface area contributed by atoms with Crippen LogP contribution in [0.15, 0.2) is 0 Å². The Hall–Kier alpha value is 0.440. The van der Waals surface area contributed by atoms with Gasteiger partial charge in [0.25, 0.3) is 0 Å². The fourth-order valence-corrected chi connectivity index (χ4v) is 3.22. The van der Waals surface area contributed by atoms with Crippen molar-refractivity contribution in [3.63, 3.8) is 0 Å². The quantitative estimate of drug-likeness (QED) is 0.209. The van der Waals surface area contributed by atoms with Crippen molar-refractivity contribution in [1.29, 1.82) is 0 Å². The highest BCUT2D eigenvalue weighted by Gasteiger charge is 2.06. The highest BCUT2D eigenvalue weighted by Crippen LogP contribution is 2.20. The maximum absolute atomic E-state index is 4.83. The molecule has 0 spiro atoms. The Labute approximate surface area is 150 Å². The van der Waals surface area contributed by atoms with Crippen LogP contribution in [0.2, 0.25) is 0 Å². The molecule has 0 saturated heterocycles. The molecule has 22 heavy (non-hydrogen) atoms. The van der Waals surface area contributed by atoms with Crippen molar-refractivity contribution in [2.24, 2.45) is 5.92 Å².